The lowest BCUT2D eigenvalue weighted by molar-refractivity contribution is -0.116. The second-order valence-corrected chi connectivity index (χ2v) is 10.1. The Kier molecular flexibility index (Phi) is 6.09. The third-order valence-corrected chi connectivity index (χ3v) is 7.70. The van der Waals surface area contributed by atoms with Gasteiger partial charge in [0.15, 0.2) is 15.6 Å². The number of carbonyl (C=O) groups excluding carboxylic acids is 3. The van der Waals surface area contributed by atoms with Crippen LogP contribution in [0.15, 0.2) is 52.3 Å². The molecule has 1 atom stereocenters. The van der Waals surface area contributed by atoms with E-state index in [1.165, 1.54) is 37.7 Å². The van der Waals surface area contributed by atoms with Crippen molar-refractivity contribution in [2.75, 3.05) is 16.4 Å². The molecule has 2 amide bonds. The zero-order valence-corrected chi connectivity index (χ0v) is 17.5. The summed E-state index contributed by atoms with van der Waals surface area (Å²) in [5.41, 5.74) is 1.48. The van der Waals surface area contributed by atoms with Crippen LogP contribution in [0.4, 0.5) is 11.4 Å². The normalized spacial score (nSPS) is 14.5. The molecule has 0 aliphatic carbocycles. The summed E-state index contributed by atoms with van der Waals surface area (Å²) in [6.07, 6.45) is -0.227. The van der Waals surface area contributed by atoms with Gasteiger partial charge in [0.05, 0.1) is 21.6 Å². The molecule has 29 heavy (non-hydrogen) atoms. The van der Waals surface area contributed by atoms with E-state index in [1.807, 2.05) is 0 Å². The predicted molar refractivity (Wildman–Crippen MR) is 112 cm³/mol. The highest BCUT2D eigenvalue weighted by Gasteiger charge is 2.27. The molecule has 1 aliphatic rings. The van der Waals surface area contributed by atoms with E-state index < -0.39 is 21.0 Å². The number of anilines is 2. The molecule has 0 aromatic heterocycles. The first-order valence-corrected chi connectivity index (χ1v) is 11.4. The quantitative estimate of drug-likeness (QED) is 0.679. The molecule has 0 unspecified atom stereocenters. The lowest BCUT2D eigenvalue weighted by Gasteiger charge is -2.18. The molecular weight excluding hydrogens is 412 g/mol. The number of sulfone groups is 1. The summed E-state index contributed by atoms with van der Waals surface area (Å²) in [6.45, 7) is 2.92. The zero-order chi connectivity index (χ0) is 21.2. The summed E-state index contributed by atoms with van der Waals surface area (Å²) in [7, 11) is -3.76. The smallest absolute Gasteiger partial charge is 0.234 e. The van der Waals surface area contributed by atoms with Crippen molar-refractivity contribution in [2.24, 2.45) is 0 Å². The molecule has 3 rings (SSSR count). The lowest BCUT2D eigenvalue weighted by atomic mass is 10.1. The van der Waals surface area contributed by atoms with Gasteiger partial charge in [-0.05, 0) is 56.3 Å². The van der Waals surface area contributed by atoms with Gasteiger partial charge in [-0.3, -0.25) is 14.4 Å². The molecule has 1 heterocycles. The molecule has 7 nitrogen and oxygen atoms in total. The van der Waals surface area contributed by atoms with Crippen LogP contribution < -0.4 is 10.6 Å². The molecule has 152 valence electrons. The Balaban J connectivity index is 1.69. The molecule has 2 N–H and O–H groups in total. The first kappa shape index (κ1) is 21.1. The molecule has 2 aromatic rings. The first-order chi connectivity index (χ1) is 13.7. The van der Waals surface area contributed by atoms with Crippen molar-refractivity contribution in [3.05, 3.63) is 48.0 Å². The largest absolute Gasteiger partial charge is 0.326 e. The van der Waals surface area contributed by atoms with Crippen LogP contribution >= 0.6 is 11.8 Å². The Morgan fingerprint density at radius 1 is 1.17 bits per heavy atom. The maximum Gasteiger partial charge on any atom is 0.234 e. The van der Waals surface area contributed by atoms with Gasteiger partial charge in [0.2, 0.25) is 11.8 Å². The van der Waals surface area contributed by atoms with E-state index in [9.17, 15) is 22.8 Å². The van der Waals surface area contributed by atoms with Crippen LogP contribution in [0.25, 0.3) is 0 Å². The highest BCUT2D eigenvalue weighted by atomic mass is 32.2. The Bertz CT molecular complexity index is 1080. The molecule has 0 radical (unpaired) electrons. The second-order valence-electron chi connectivity index (χ2n) is 6.74. The van der Waals surface area contributed by atoms with Gasteiger partial charge in [-0.2, -0.15) is 0 Å². The van der Waals surface area contributed by atoms with Gasteiger partial charge >= 0.3 is 0 Å². The monoisotopic (exact) mass is 432 g/mol. The fourth-order valence-corrected chi connectivity index (χ4v) is 5.01. The van der Waals surface area contributed by atoms with Gasteiger partial charge in [-0.15, -0.1) is 11.8 Å². The molecular formula is C20H20N2O5S2. The van der Waals surface area contributed by atoms with Gasteiger partial charge < -0.3 is 10.6 Å². The maximum absolute atomic E-state index is 12.9. The number of Topliss-reactive ketones (excluding diaryl/α,β-unsaturated/α-hetero) is 1. The number of rotatable bonds is 6. The first-order valence-electron chi connectivity index (χ1n) is 8.88. The van der Waals surface area contributed by atoms with Gasteiger partial charge in [-0.25, -0.2) is 8.42 Å². The van der Waals surface area contributed by atoms with Gasteiger partial charge in [0, 0.05) is 22.6 Å². The second kappa shape index (κ2) is 8.38. The number of carbonyl (C=O) groups is 3. The standard InChI is InChI=1S/C20H20N2O5S2/c1-12(9-19(24)21-15-5-3-14(4-6-15)13(2)23)29(26,27)16-7-8-18-17(10-16)22-20(25)11-28-18/h3-8,10,12H,9,11H2,1-2H3,(H,21,24)(H,22,25)/t12-/m0/s1. The highest BCUT2D eigenvalue weighted by molar-refractivity contribution is 8.00. The number of fused-ring (bicyclic) bond motifs is 1. The third kappa shape index (κ3) is 4.86. The van der Waals surface area contributed by atoms with Crippen molar-refractivity contribution in [3.63, 3.8) is 0 Å². The topological polar surface area (TPSA) is 109 Å². The number of nitrogens with one attached hydrogen (secondary N) is 2. The summed E-state index contributed by atoms with van der Waals surface area (Å²) in [5, 5.41) is 4.36. The van der Waals surface area contributed by atoms with Gasteiger partial charge in [0.25, 0.3) is 0 Å². The average Bonchev–Trinajstić information content (AvgIpc) is 2.67. The van der Waals surface area contributed by atoms with E-state index >= 15 is 0 Å². The van der Waals surface area contributed by atoms with Crippen molar-refractivity contribution in [1.29, 1.82) is 0 Å². The van der Waals surface area contributed by atoms with Crippen molar-refractivity contribution < 1.29 is 22.8 Å². The van der Waals surface area contributed by atoms with Crippen LogP contribution in [-0.2, 0) is 19.4 Å². The van der Waals surface area contributed by atoms with Crippen LogP contribution in [0.2, 0.25) is 0 Å². The molecule has 1 aliphatic heterocycles. The summed E-state index contributed by atoms with van der Waals surface area (Å²) < 4.78 is 25.7. The summed E-state index contributed by atoms with van der Waals surface area (Å²) in [4.78, 5) is 36.0. The Hall–Kier alpha value is -2.65. The van der Waals surface area contributed by atoms with Crippen molar-refractivity contribution in [1.82, 2.24) is 0 Å². The van der Waals surface area contributed by atoms with Crippen molar-refractivity contribution >= 4 is 50.6 Å². The summed E-state index contributed by atoms with van der Waals surface area (Å²) >= 11 is 1.35. The van der Waals surface area contributed by atoms with E-state index in [0.717, 1.165) is 4.90 Å². The predicted octanol–water partition coefficient (Wildman–Crippen LogP) is 3.12. The molecule has 0 fully saturated rings. The summed E-state index contributed by atoms with van der Waals surface area (Å²) in [5.74, 6) is -0.413. The Morgan fingerprint density at radius 2 is 1.86 bits per heavy atom. The van der Waals surface area contributed by atoms with E-state index in [2.05, 4.69) is 10.6 Å². The fourth-order valence-electron chi connectivity index (χ4n) is 2.84. The van der Waals surface area contributed by atoms with Crippen LogP contribution in [0.5, 0.6) is 0 Å². The van der Waals surface area contributed by atoms with Gasteiger partial charge in [-0.1, -0.05) is 0 Å². The van der Waals surface area contributed by atoms with Crippen LogP contribution in [0.3, 0.4) is 0 Å². The van der Waals surface area contributed by atoms with E-state index in [1.54, 1.807) is 30.3 Å². The Morgan fingerprint density at radius 3 is 2.52 bits per heavy atom. The minimum absolute atomic E-state index is 0.0603. The minimum Gasteiger partial charge on any atom is -0.326 e. The summed E-state index contributed by atoms with van der Waals surface area (Å²) in [6, 6.07) is 11.0. The number of hydrogen-bond acceptors (Lipinski definition) is 6. The molecule has 0 spiro atoms. The fraction of sp³-hybridized carbons (Fsp3) is 0.250. The SMILES string of the molecule is CC(=O)c1ccc(NC(=O)C[C@H](C)S(=O)(=O)c2ccc3c(c2)NC(=O)CS3)cc1. The van der Waals surface area contributed by atoms with E-state index in [4.69, 9.17) is 0 Å². The zero-order valence-electron chi connectivity index (χ0n) is 15.9. The maximum atomic E-state index is 12.9. The molecule has 2 aromatic carbocycles. The number of ketones is 1. The minimum atomic E-state index is -3.76. The number of amides is 2. The molecule has 9 heteroatoms. The Labute approximate surface area is 173 Å². The highest BCUT2D eigenvalue weighted by Crippen LogP contribution is 2.34. The molecule has 0 bridgehead atoms. The number of hydrogen-bond donors (Lipinski definition) is 2. The van der Waals surface area contributed by atoms with E-state index in [-0.39, 0.29) is 23.0 Å². The molecule has 0 saturated carbocycles. The lowest BCUT2D eigenvalue weighted by Crippen LogP contribution is -2.25. The van der Waals surface area contributed by atoms with Crippen LogP contribution in [0.1, 0.15) is 30.6 Å². The van der Waals surface area contributed by atoms with Crippen molar-refractivity contribution in [2.45, 2.75) is 35.3 Å². The number of thioether (sulfide) groups is 1. The van der Waals surface area contributed by atoms with E-state index in [0.29, 0.717) is 22.7 Å². The van der Waals surface area contributed by atoms with Crippen LogP contribution in [0, 0.1) is 0 Å². The molecule has 0 saturated heterocycles. The average molecular weight is 433 g/mol. The van der Waals surface area contributed by atoms with Gasteiger partial charge in [0.1, 0.15) is 0 Å². The van der Waals surface area contributed by atoms with Crippen molar-refractivity contribution in [3.8, 4) is 0 Å². The third-order valence-electron chi connectivity index (χ3n) is 4.49. The number of benzene rings is 2. The van der Waals surface area contributed by atoms with Crippen LogP contribution in [-0.4, -0.2) is 37.0 Å².